The SMILES string of the molecule is OC(CNc1ccc(Br)cc1Cl)c1cccc(Br)c1. The van der Waals surface area contributed by atoms with Crippen LogP contribution in [0.3, 0.4) is 0 Å². The van der Waals surface area contributed by atoms with Gasteiger partial charge in [-0.1, -0.05) is 55.6 Å². The fraction of sp³-hybridized carbons (Fsp3) is 0.143. The molecule has 2 nitrogen and oxygen atoms in total. The van der Waals surface area contributed by atoms with Crippen LogP contribution in [0.4, 0.5) is 5.69 Å². The maximum atomic E-state index is 10.1. The van der Waals surface area contributed by atoms with Crippen LogP contribution < -0.4 is 5.32 Å². The Hall–Kier alpha value is -0.550. The van der Waals surface area contributed by atoms with Crippen molar-refractivity contribution in [2.75, 3.05) is 11.9 Å². The van der Waals surface area contributed by atoms with Gasteiger partial charge in [0.15, 0.2) is 0 Å². The number of halogens is 3. The number of hydrogen-bond acceptors (Lipinski definition) is 2. The van der Waals surface area contributed by atoms with Gasteiger partial charge in [0.25, 0.3) is 0 Å². The first-order valence-corrected chi connectivity index (χ1v) is 7.65. The minimum absolute atomic E-state index is 0.401. The largest absolute Gasteiger partial charge is 0.387 e. The van der Waals surface area contributed by atoms with Crippen molar-refractivity contribution in [1.29, 1.82) is 0 Å². The summed E-state index contributed by atoms with van der Waals surface area (Å²) in [5, 5.41) is 13.9. The number of aliphatic hydroxyl groups is 1. The average molecular weight is 406 g/mol. The summed E-state index contributed by atoms with van der Waals surface area (Å²) in [6, 6.07) is 13.2. The molecule has 0 fully saturated rings. The molecule has 0 saturated heterocycles. The van der Waals surface area contributed by atoms with Crippen molar-refractivity contribution in [3.05, 3.63) is 62.0 Å². The van der Waals surface area contributed by atoms with Gasteiger partial charge in [-0.2, -0.15) is 0 Å². The molecule has 0 spiro atoms. The van der Waals surface area contributed by atoms with Crippen LogP contribution in [0, 0.1) is 0 Å². The number of nitrogens with one attached hydrogen (secondary N) is 1. The van der Waals surface area contributed by atoms with E-state index in [2.05, 4.69) is 37.2 Å². The second-order valence-corrected chi connectivity index (χ2v) is 6.31. The Morgan fingerprint density at radius 1 is 1.11 bits per heavy atom. The third kappa shape index (κ3) is 4.21. The lowest BCUT2D eigenvalue weighted by molar-refractivity contribution is 0.191. The average Bonchev–Trinajstić information content (AvgIpc) is 2.37. The van der Waals surface area contributed by atoms with Crippen LogP contribution in [-0.2, 0) is 0 Å². The van der Waals surface area contributed by atoms with Crippen LogP contribution in [0.25, 0.3) is 0 Å². The molecule has 0 heterocycles. The number of hydrogen-bond donors (Lipinski definition) is 2. The van der Waals surface area contributed by atoms with E-state index in [0.29, 0.717) is 11.6 Å². The summed E-state index contributed by atoms with van der Waals surface area (Å²) in [6.45, 7) is 0.401. The highest BCUT2D eigenvalue weighted by Gasteiger charge is 2.08. The molecule has 0 amide bonds. The Kier molecular flexibility index (Phi) is 5.28. The van der Waals surface area contributed by atoms with Crippen molar-refractivity contribution in [2.45, 2.75) is 6.10 Å². The second-order valence-electron chi connectivity index (χ2n) is 4.08. The normalized spacial score (nSPS) is 12.2. The van der Waals surface area contributed by atoms with E-state index in [4.69, 9.17) is 11.6 Å². The Labute approximate surface area is 134 Å². The summed E-state index contributed by atoms with van der Waals surface area (Å²) in [7, 11) is 0. The van der Waals surface area contributed by atoms with Crippen LogP contribution in [0.1, 0.15) is 11.7 Å². The molecule has 19 heavy (non-hydrogen) atoms. The molecule has 100 valence electrons. The molecule has 5 heteroatoms. The van der Waals surface area contributed by atoms with E-state index >= 15 is 0 Å². The van der Waals surface area contributed by atoms with Gasteiger partial charge in [0, 0.05) is 15.5 Å². The summed E-state index contributed by atoms with van der Waals surface area (Å²) < 4.78 is 1.88. The molecule has 2 aromatic rings. The molecule has 1 unspecified atom stereocenters. The minimum Gasteiger partial charge on any atom is -0.387 e. The van der Waals surface area contributed by atoms with Gasteiger partial charge in [0.1, 0.15) is 0 Å². The van der Waals surface area contributed by atoms with E-state index in [0.717, 1.165) is 20.2 Å². The first-order chi connectivity index (χ1) is 9.06. The molecule has 2 rings (SSSR count). The van der Waals surface area contributed by atoms with E-state index in [9.17, 15) is 5.11 Å². The van der Waals surface area contributed by atoms with E-state index in [1.54, 1.807) is 0 Å². The van der Waals surface area contributed by atoms with Gasteiger partial charge in [-0.25, -0.2) is 0 Å². The lowest BCUT2D eigenvalue weighted by Gasteiger charge is -2.14. The maximum absolute atomic E-state index is 10.1. The molecule has 1 atom stereocenters. The molecule has 2 aromatic carbocycles. The third-order valence-electron chi connectivity index (χ3n) is 2.65. The second kappa shape index (κ2) is 6.75. The maximum Gasteiger partial charge on any atom is 0.0962 e. The molecule has 0 aromatic heterocycles. The van der Waals surface area contributed by atoms with Gasteiger partial charge in [0.05, 0.1) is 16.8 Å². The highest BCUT2D eigenvalue weighted by Crippen LogP contribution is 2.26. The predicted molar refractivity (Wildman–Crippen MR) is 86.7 cm³/mol. The molecule has 0 aliphatic rings. The number of benzene rings is 2. The van der Waals surface area contributed by atoms with E-state index in [1.807, 2.05) is 42.5 Å². The smallest absolute Gasteiger partial charge is 0.0962 e. The quantitative estimate of drug-likeness (QED) is 0.749. The van der Waals surface area contributed by atoms with E-state index in [1.165, 1.54) is 0 Å². The van der Waals surface area contributed by atoms with Gasteiger partial charge in [-0.3, -0.25) is 0 Å². The molecule has 0 saturated carbocycles. The molecule has 0 aliphatic carbocycles. The Balaban J connectivity index is 2.02. The zero-order valence-electron chi connectivity index (χ0n) is 9.91. The summed E-state index contributed by atoms with van der Waals surface area (Å²) >= 11 is 12.8. The van der Waals surface area contributed by atoms with Crippen LogP contribution in [0.2, 0.25) is 5.02 Å². The predicted octanol–water partition coefficient (Wildman–Crippen LogP) is 5.01. The standard InChI is InChI=1S/C14H12Br2ClNO/c15-10-3-1-2-9(6-10)14(19)8-18-13-5-4-11(16)7-12(13)17/h1-7,14,18-19H,8H2. The summed E-state index contributed by atoms with van der Waals surface area (Å²) in [4.78, 5) is 0. The van der Waals surface area contributed by atoms with E-state index in [-0.39, 0.29) is 0 Å². The van der Waals surface area contributed by atoms with Crippen molar-refractivity contribution in [2.24, 2.45) is 0 Å². The fourth-order valence-electron chi connectivity index (χ4n) is 1.67. The summed E-state index contributed by atoms with van der Waals surface area (Å²) in [5.41, 5.74) is 1.66. The zero-order chi connectivity index (χ0) is 13.8. The molecule has 0 radical (unpaired) electrons. The molecule has 2 N–H and O–H groups in total. The molecule has 0 aliphatic heterocycles. The highest BCUT2D eigenvalue weighted by atomic mass is 79.9. The van der Waals surface area contributed by atoms with Gasteiger partial charge < -0.3 is 10.4 Å². The van der Waals surface area contributed by atoms with Gasteiger partial charge in [-0.05, 0) is 35.9 Å². The van der Waals surface area contributed by atoms with Crippen LogP contribution in [0.5, 0.6) is 0 Å². The summed E-state index contributed by atoms with van der Waals surface area (Å²) in [6.07, 6.45) is -0.586. The Morgan fingerprint density at radius 2 is 1.84 bits per heavy atom. The zero-order valence-corrected chi connectivity index (χ0v) is 13.8. The van der Waals surface area contributed by atoms with Crippen molar-refractivity contribution in [3.63, 3.8) is 0 Å². The van der Waals surface area contributed by atoms with Crippen molar-refractivity contribution >= 4 is 49.1 Å². The van der Waals surface area contributed by atoms with Crippen molar-refractivity contribution < 1.29 is 5.11 Å². The van der Waals surface area contributed by atoms with Crippen molar-refractivity contribution in [1.82, 2.24) is 0 Å². The fourth-order valence-corrected chi connectivity index (χ4v) is 2.83. The van der Waals surface area contributed by atoms with Gasteiger partial charge in [0.2, 0.25) is 0 Å². The monoisotopic (exact) mass is 403 g/mol. The van der Waals surface area contributed by atoms with Crippen LogP contribution >= 0.6 is 43.5 Å². The first-order valence-electron chi connectivity index (χ1n) is 5.69. The number of aliphatic hydroxyl groups excluding tert-OH is 1. The number of anilines is 1. The number of rotatable bonds is 4. The van der Waals surface area contributed by atoms with Gasteiger partial charge in [-0.15, -0.1) is 0 Å². The van der Waals surface area contributed by atoms with E-state index < -0.39 is 6.10 Å². The Morgan fingerprint density at radius 3 is 2.53 bits per heavy atom. The molecular formula is C14H12Br2ClNO. The van der Waals surface area contributed by atoms with Crippen LogP contribution in [-0.4, -0.2) is 11.7 Å². The van der Waals surface area contributed by atoms with Crippen LogP contribution in [0.15, 0.2) is 51.4 Å². The van der Waals surface area contributed by atoms with Gasteiger partial charge >= 0.3 is 0 Å². The third-order valence-corrected chi connectivity index (χ3v) is 3.95. The lowest BCUT2D eigenvalue weighted by atomic mass is 10.1. The lowest BCUT2D eigenvalue weighted by Crippen LogP contribution is -2.12. The topological polar surface area (TPSA) is 32.3 Å². The minimum atomic E-state index is -0.586. The Bertz CT molecular complexity index is 577. The summed E-state index contributed by atoms with van der Waals surface area (Å²) in [5.74, 6) is 0. The first kappa shape index (κ1) is 14.9. The van der Waals surface area contributed by atoms with Crippen molar-refractivity contribution in [3.8, 4) is 0 Å². The molecule has 0 bridgehead atoms. The highest BCUT2D eigenvalue weighted by molar-refractivity contribution is 9.10. The molecular weight excluding hydrogens is 393 g/mol.